The Morgan fingerprint density at radius 1 is 1.26 bits per heavy atom. The first kappa shape index (κ1) is 21.7. The molecule has 1 atom stereocenters. The monoisotopic (exact) mass is 444 g/mol. The molecule has 2 aliphatic rings. The van der Waals surface area contributed by atoms with E-state index >= 15 is 0 Å². The number of nitrogens with one attached hydrogen (secondary N) is 2. The first-order valence-electron chi connectivity index (χ1n) is 10.4. The smallest absolute Gasteiger partial charge is 0.243 e. The minimum absolute atomic E-state index is 0.0481. The number of benzene rings is 1. The fourth-order valence-corrected chi connectivity index (χ4v) is 5.32. The zero-order valence-corrected chi connectivity index (χ0v) is 18.9. The van der Waals surface area contributed by atoms with Gasteiger partial charge in [-0.1, -0.05) is 0 Å². The second-order valence-electron chi connectivity index (χ2n) is 8.12. The lowest BCUT2D eigenvalue weighted by Crippen LogP contribution is -2.28. The van der Waals surface area contributed by atoms with Gasteiger partial charge in [0.1, 0.15) is 11.6 Å². The summed E-state index contributed by atoms with van der Waals surface area (Å²) in [6.07, 6.45) is 2.97. The highest BCUT2D eigenvalue weighted by atomic mass is 32.2. The number of anilines is 2. The molecule has 2 aliphatic heterocycles. The molecular formula is C21H28N6O3S. The predicted molar refractivity (Wildman–Crippen MR) is 118 cm³/mol. The zero-order valence-electron chi connectivity index (χ0n) is 18.1. The molecule has 3 heterocycles. The Hall–Kier alpha value is -2.56. The Balaban J connectivity index is 1.58. The average molecular weight is 445 g/mol. The van der Waals surface area contributed by atoms with E-state index in [4.69, 9.17) is 4.98 Å². The molecule has 0 bridgehead atoms. The number of sulfonamides is 1. The molecule has 0 saturated carbocycles. The number of likely N-dealkylation sites (tertiary alicyclic amines) is 1. The number of carbonyl (C=O) groups is 1. The molecule has 2 N–H and O–H groups in total. The minimum Gasteiger partial charge on any atom is -0.373 e. The minimum atomic E-state index is -3.72. The van der Waals surface area contributed by atoms with Gasteiger partial charge >= 0.3 is 0 Å². The third-order valence-electron chi connectivity index (χ3n) is 5.94. The third-order valence-corrected chi connectivity index (χ3v) is 7.74. The summed E-state index contributed by atoms with van der Waals surface area (Å²) in [6, 6.07) is 6.77. The normalized spacial score (nSPS) is 19.4. The van der Waals surface area contributed by atoms with Gasteiger partial charge in [0.2, 0.25) is 15.9 Å². The maximum absolute atomic E-state index is 13.2. The SMILES string of the molecule is CNc1cc(CN(C)S(=O)(=O)c2ccc3c(c2)CCC(=O)N3)nc([C@@H]2CCCN2C)n1. The van der Waals surface area contributed by atoms with Crippen molar-refractivity contribution in [3.8, 4) is 0 Å². The first-order valence-corrected chi connectivity index (χ1v) is 11.9. The maximum atomic E-state index is 13.2. The number of carbonyl (C=O) groups excluding carboxylic acids is 1. The van der Waals surface area contributed by atoms with Crippen LogP contribution in [0.1, 0.15) is 42.4 Å². The van der Waals surface area contributed by atoms with Crippen molar-refractivity contribution in [2.24, 2.45) is 0 Å². The van der Waals surface area contributed by atoms with Crippen LogP contribution in [0.4, 0.5) is 11.5 Å². The molecule has 0 spiro atoms. The molecule has 0 radical (unpaired) electrons. The van der Waals surface area contributed by atoms with Crippen LogP contribution in [0.15, 0.2) is 29.2 Å². The Morgan fingerprint density at radius 3 is 2.77 bits per heavy atom. The number of hydrogen-bond acceptors (Lipinski definition) is 7. The van der Waals surface area contributed by atoms with Crippen molar-refractivity contribution in [1.29, 1.82) is 0 Å². The Kier molecular flexibility index (Phi) is 5.96. The molecule has 31 heavy (non-hydrogen) atoms. The van der Waals surface area contributed by atoms with E-state index in [1.54, 1.807) is 32.3 Å². The van der Waals surface area contributed by atoms with Crippen LogP contribution in [0.3, 0.4) is 0 Å². The number of amides is 1. The van der Waals surface area contributed by atoms with Gasteiger partial charge in [0.25, 0.3) is 0 Å². The molecule has 166 valence electrons. The molecule has 1 aromatic carbocycles. The largest absolute Gasteiger partial charge is 0.373 e. The van der Waals surface area contributed by atoms with E-state index in [9.17, 15) is 13.2 Å². The number of rotatable bonds is 6. The summed E-state index contributed by atoms with van der Waals surface area (Å²) in [5.41, 5.74) is 2.16. The van der Waals surface area contributed by atoms with Crippen LogP contribution in [0.25, 0.3) is 0 Å². The number of fused-ring (bicyclic) bond motifs is 1. The van der Waals surface area contributed by atoms with Crippen molar-refractivity contribution in [3.05, 3.63) is 41.3 Å². The molecule has 0 unspecified atom stereocenters. The summed E-state index contributed by atoms with van der Waals surface area (Å²) in [5.74, 6) is 1.35. The molecule has 1 amide bonds. The summed E-state index contributed by atoms with van der Waals surface area (Å²) in [6.45, 7) is 1.14. The molecule has 0 aliphatic carbocycles. The molecular weight excluding hydrogens is 416 g/mol. The topological polar surface area (TPSA) is 108 Å². The Morgan fingerprint density at radius 2 is 2.06 bits per heavy atom. The van der Waals surface area contributed by atoms with E-state index in [-0.39, 0.29) is 23.4 Å². The van der Waals surface area contributed by atoms with Crippen LogP contribution in [0, 0.1) is 0 Å². The summed E-state index contributed by atoms with van der Waals surface area (Å²) >= 11 is 0. The summed E-state index contributed by atoms with van der Waals surface area (Å²) < 4.78 is 27.7. The van der Waals surface area contributed by atoms with Crippen LogP contribution in [-0.4, -0.2) is 61.2 Å². The summed E-state index contributed by atoms with van der Waals surface area (Å²) in [4.78, 5) is 23.3. The Labute approximate surface area is 182 Å². The molecule has 10 heteroatoms. The van der Waals surface area contributed by atoms with Gasteiger partial charge in [-0.15, -0.1) is 0 Å². The van der Waals surface area contributed by atoms with Crippen molar-refractivity contribution in [2.75, 3.05) is 38.3 Å². The van der Waals surface area contributed by atoms with Crippen molar-refractivity contribution in [2.45, 2.75) is 43.2 Å². The van der Waals surface area contributed by atoms with E-state index < -0.39 is 10.0 Å². The van der Waals surface area contributed by atoms with Crippen molar-refractivity contribution >= 4 is 27.4 Å². The van der Waals surface area contributed by atoms with E-state index in [2.05, 4.69) is 27.6 Å². The number of nitrogens with zero attached hydrogens (tertiary/aromatic N) is 4. The highest BCUT2D eigenvalue weighted by Crippen LogP contribution is 2.30. The van der Waals surface area contributed by atoms with E-state index in [0.717, 1.165) is 30.8 Å². The van der Waals surface area contributed by atoms with Crippen LogP contribution < -0.4 is 10.6 Å². The van der Waals surface area contributed by atoms with Crippen molar-refractivity contribution in [1.82, 2.24) is 19.2 Å². The number of aryl methyl sites for hydroxylation is 1. The molecule has 2 aromatic rings. The van der Waals surface area contributed by atoms with Gasteiger partial charge in [-0.05, 0) is 56.6 Å². The fourth-order valence-electron chi connectivity index (χ4n) is 4.13. The predicted octanol–water partition coefficient (Wildman–Crippen LogP) is 1.99. The number of hydrogen-bond donors (Lipinski definition) is 2. The molecule has 1 aromatic heterocycles. The number of aromatic nitrogens is 2. The zero-order chi connectivity index (χ0) is 22.2. The van der Waals surface area contributed by atoms with E-state index in [1.807, 2.05) is 0 Å². The average Bonchev–Trinajstić information content (AvgIpc) is 3.18. The van der Waals surface area contributed by atoms with Crippen LogP contribution in [-0.2, 0) is 27.8 Å². The lowest BCUT2D eigenvalue weighted by atomic mass is 10.0. The molecule has 1 fully saturated rings. The molecule has 4 rings (SSSR count). The maximum Gasteiger partial charge on any atom is 0.243 e. The summed E-state index contributed by atoms with van der Waals surface area (Å²) in [7, 11) is 1.69. The second kappa shape index (κ2) is 8.52. The fraction of sp³-hybridized carbons (Fsp3) is 0.476. The highest BCUT2D eigenvalue weighted by Gasteiger charge is 2.28. The van der Waals surface area contributed by atoms with Crippen molar-refractivity contribution < 1.29 is 13.2 Å². The van der Waals surface area contributed by atoms with Crippen LogP contribution in [0.2, 0.25) is 0 Å². The van der Waals surface area contributed by atoms with E-state index in [1.165, 1.54) is 10.4 Å². The van der Waals surface area contributed by atoms with Crippen LogP contribution >= 0.6 is 0 Å². The van der Waals surface area contributed by atoms with Gasteiger partial charge < -0.3 is 10.6 Å². The molecule has 1 saturated heterocycles. The van der Waals surface area contributed by atoms with Crippen LogP contribution in [0.5, 0.6) is 0 Å². The van der Waals surface area contributed by atoms with Gasteiger partial charge in [0, 0.05) is 32.3 Å². The standard InChI is InChI=1S/C21H28N6O3S/c1-22-19-12-15(23-21(25-19)18-5-4-10-26(18)2)13-27(3)31(29,30)16-7-8-17-14(11-16)6-9-20(28)24-17/h7-8,11-12,18H,4-6,9-10,13H2,1-3H3,(H,24,28)(H,22,23,25)/t18-/m0/s1. The lowest BCUT2D eigenvalue weighted by molar-refractivity contribution is -0.116. The third kappa shape index (κ3) is 4.41. The van der Waals surface area contributed by atoms with E-state index in [0.29, 0.717) is 30.0 Å². The van der Waals surface area contributed by atoms with Gasteiger partial charge in [-0.2, -0.15) is 4.31 Å². The lowest BCUT2D eigenvalue weighted by Gasteiger charge is -2.22. The highest BCUT2D eigenvalue weighted by molar-refractivity contribution is 7.89. The molecule has 9 nitrogen and oxygen atoms in total. The van der Waals surface area contributed by atoms with Crippen molar-refractivity contribution in [3.63, 3.8) is 0 Å². The van der Waals surface area contributed by atoms with Gasteiger partial charge in [0.15, 0.2) is 0 Å². The Bertz CT molecular complexity index is 1100. The second-order valence-corrected chi connectivity index (χ2v) is 10.2. The quantitative estimate of drug-likeness (QED) is 0.702. The van der Waals surface area contributed by atoms with Gasteiger partial charge in [-0.3, -0.25) is 9.69 Å². The summed E-state index contributed by atoms with van der Waals surface area (Å²) in [5, 5.41) is 5.84. The van der Waals surface area contributed by atoms with Gasteiger partial charge in [0.05, 0.1) is 23.2 Å². The first-order chi connectivity index (χ1) is 14.8. The van der Waals surface area contributed by atoms with Gasteiger partial charge in [-0.25, -0.2) is 18.4 Å².